The number of carbonyl (C=O) groups is 4. The SMILES string of the molecule is CCOC(=O)C12C(c3ccccc3)C=CN(C(=O)OC(C)(C)C)C1C1(C(=O)OCC)C(c3ccccc3)C=CN(C(=O)OC(C)(C)C)C21. The molecule has 1 fully saturated rings. The van der Waals surface area contributed by atoms with Crippen LogP contribution in [-0.4, -0.2) is 70.4 Å². The van der Waals surface area contributed by atoms with Crippen molar-refractivity contribution in [1.29, 1.82) is 0 Å². The minimum Gasteiger partial charge on any atom is -0.465 e. The van der Waals surface area contributed by atoms with Gasteiger partial charge in [-0.05, 0) is 66.5 Å². The van der Waals surface area contributed by atoms with E-state index in [4.69, 9.17) is 18.9 Å². The van der Waals surface area contributed by atoms with Crippen LogP contribution in [0.15, 0.2) is 85.2 Å². The molecule has 10 nitrogen and oxygen atoms in total. The number of esters is 2. The maximum absolute atomic E-state index is 14.9. The third-order valence-corrected chi connectivity index (χ3v) is 9.06. The number of benzene rings is 2. The summed E-state index contributed by atoms with van der Waals surface area (Å²) in [6.45, 7) is 13.9. The molecule has 0 radical (unpaired) electrons. The highest BCUT2D eigenvalue weighted by Crippen LogP contribution is 2.73. The quantitative estimate of drug-likeness (QED) is 0.243. The molecule has 2 amide bonds. The fraction of sp³-hybridized carbons (Fsp3) is 0.474. The first-order valence-corrected chi connectivity index (χ1v) is 16.5. The van der Waals surface area contributed by atoms with Crippen LogP contribution < -0.4 is 0 Å². The molecule has 2 unspecified atom stereocenters. The summed E-state index contributed by atoms with van der Waals surface area (Å²) in [5, 5.41) is 0. The molecule has 5 rings (SSSR count). The van der Waals surface area contributed by atoms with E-state index in [0.717, 1.165) is 11.1 Å². The lowest BCUT2D eigenvalue weighted by atomic mass is 9.35. The fourth-order valence-electron chi connectivity index (χ4n) is 7.71. The van der Waals surface area contributed by atoms with E-state index in [2.05, 4.69) is 0 Å². The number of hydrogen-bond donors (Lipinski definition) is 0. The van der Waals surface area contributed by atoms with Crippen molar-refractivity contribution in [2.24, 2.45) is 10.8 Å². The van der Waals surface area contributed by atoms with Crippen molar-refractivity contribution in [3.63, 3.8) is 0 Å². The number of rotatable bonds is 6. The van der Waals surface area contributed by atoms with Crippen LogP contribution >= 0.6 is 0 Å². The summed E-state index contributed by atoms with van der Waals surface area (Å²) in [5.41, 5.74) is -3.73. The summed E-state index contributed by atoms with van der Waals surface area (Å²) in [4.78, 5) is 60.9. The van der Waals surface area contributed by atoms with Gasteiger partial charge in [0.15, 0.2) is 0 Å². The van der Waals surface area contributed by atoms with Crippen LogP contribution in [-0.2, 0) is 28.5 Å². The summed E-state index contributed by atoms with van der Waals surface area (Å²) >= 11 is 0. The van der Waals surface area contributed by atoms with E-state index in [0.29, 0.717) is 0 Å². The third kappa shape index (κ3) is 5.65. The van der Waals surface area contributed by atoms with Gasteiger partial charge in [0.1, 0.15) is 22.0 Å². The average molecular weight is 659 g/mol. The molecule has 3 aliphatic rings. The molecule has 2 aliphatic heterocycles. The zero-order valence-electron chi connectivity index (χ0n) is 29.0. The lowest BCUT2D eigenvalue weighted by Crippen LogP contribution is -2.88. The lowest BCUT2D eigenvalue weighted by molar-refractivity contribution is -0.241. The Morgan fingerprint density at radius 3 is 1.23 bits per heavy atom. The standard InChI is InChI=1S/C38H46N2O8/c1-9-45-31(41)37-27(25-17-13-11-14-18-25)21-23-39(33(43)47-35(3,4)5)29(37)38(32(42)46-10-2)28(26-19-15-12-16-20-26)22-24-40(30(37)38)34(44)48-36(6,7)8/h11-24,27-30H,9-10H2,1-8H3. The van der Waals surface area contributed by atoms with Crippen LogP contribution in [0.5, 0.6) is 0 Å². The van der Waals surface area contributed by atoms with Gasteiger partial charge in [0.2, 0.25) is 0 Å². The first-order valence-electron chi connectivity index (χ1n) is 16.5. The van der Waals surface area contributed by atoms with Gasteiger partial charge in [0.25, 0.3) is 0 Å². The Morgan fingerprint density at radius 1 is 0.604 bits per heavy atom. The monoisotopic (exact) mass is 658 g/mol. The minimum absolute atomic E-state index is 0.0223. The third-order valence-electron chi connectivity index (χ3n) is 9.06. The summed E-state index contributed by atoms with van der Waals surface area (Å²) in [6.07, 6.45) is 5.18. The molecule has 0 bridgehead atoms. The van der Waals surface area contributed by atoms with Crippen LogP contribution in [0.2, 0.25) is 0 Å². The van der Waals surface area contributed by atoms with Crippen molar-refractivity contribution in [2.45, 2.75) is 90.5 Å². The van der Waals surface area contributed by atoms with Crippen LogP contribution in [0.4, 0.5) is 9.59 Å². The second kappa shape index (κ2) is 12.8. The van der Waals surface area contributed by atoms with E-state index in [1.807, 2.05) is 60.7 Å². The van der Waals surface area contributed by atoms with E-state index in [9.17, 15) is 19.2 Å². The van der Waals surface area contributed by atoms with E-state index >= 15 is 0 Å². The molecular weight excluding hydrogens is 612 g/mol. The van der Waals surface area contributed by atoms with E-state index < -0.39 is 70.1 Å². The Labute approximate surface area is 282 Å². The van der Waals surface area contributed by atoms with Crippen molar-refractivity contribution < 1.29 is 38.1 Å². The van der Waals surface area contributed by atoms with Gasteiger partial charge in [-0.15, -0.1) is 0 Å². The maximum Gasteiger partial charge on any atom is 0.414 e. The molecule has 0 spiro atoms. The van der Waals surface area contributed by atoms with Gasteiger partial charge in [-0.2, -0.15) is 0 Å². The van der Waals surface area contributed by atoms with Crippen LogP contribution in [0.3, 0.4) is 0 Å². The normalized spacial score (nSPS) is 27.6. The van der Waals surface area contributed by atoms with Crippen molar-refractivity contribution in [3.05, 3.63) is 96.3 Å². The van der Waals surface area contributed by atoms with E-state index in [1.54, 1.807) is 79.9 Å². The highest BCUT2D eigenvalue weighted by Gasteiger charge is 2.87. The van der Waals surface area contributed by atoms with Crippen LogP contribution in [0.25, 0.3) is 0 Å². The summed E-state index contributed by atoms with van der Waals surface area (Å²) in [7, 11) is 0. The number of amides is 2. The second-order valence-corrected chi connectivity index (χ2v) is 14.3. The van der Waals surface area contributed by atoms with Crippen molar-refractivity contribution in [2.75, 3.05) is 13.2 Å². The molecule has 2 heterocycles. The predicted molar refractivity (Wildman–Crippen MR) is 178 cm³/mol. The highest BCUT2D eigenvalue weighted by molar-refractivity contribution is 5.96. The maximum atomic E-state index is 14.9. The number of allylic oxidation sites excluding steroid dienone is 2. The summed E-state index contributed by atoms with van der Waals surface area (Å²) < 4.78 is 23.6. The van der Waals surface area contributed by atoms with Gasteiger partial charge < -0.3 is 18.9 Å². The molecular formula is C38H46N2O8. The molecule has 2 aromatic carbocycles. The fourth-order valence-corrected chi connectivity index (χ4v) is 7.71. The molecule has 1 aliphatic carbocycles. The first kappa shape index (κ1) is 34.7. The van der Waals surface area contributed by atoms with E-state index in [-0.39, 0.29) is 13.2 Å². The molecule has 48 heavy (non-hydrogen) atoms. The number of carbonyl (C=O) groups excluding carboxylic acids is 4. The number of ether oxygens (including phenoxy) is 4. The van der Waals surface area contributed by atoms with Crippen molar-refractivity contribution in [1.82, 2.24) is 9.80 Å². The molecule has 0 aromatic heterocycles. The Hall–Kier alpha value is -4.60. The van der Waals surface area contributed by atoms with Gasteiger partial charge in [-0.1, -0.05) is 72.8 Å². The predicted octanol–water partition coefficient (Wildman–Crippen LogP) is 6.93. The summed E-state index contributed by atoms with van der Waals surface area (Å²) in [5.74, 6) is -2.80. The highest BCUT2D eigenvalue weighted by atomic mass is 16.6. The van der Waals surface area contributed by atoms with E-state index in [1.165, 1.54) is 9.80 Å². The molecule has 256 valence electrons. The lowest BCUT2D eigenvalue weighted by Gasteiger charge is -2.73. The minimum atomic E-state index is -1.70. The Balaban J connectivity index is 1.91. The zero-order valence-corrected chi connectivity index (χ0v) is 29.0. The number of nitrogens with zero attached hydrogens (tertiary/aromatic N) is 2. The molecule has 1 saturated carbocycles. The largest absolute Gasteiger partial charge is 0.465 e. The molecule has 0 N–H and O–H groups in total. The van der Waals surface area contributed by atoms with Gasteiger partial charge in [0.05, 0.1) is 25.3 Å². The van der Waals surface area contributed by atoms with Crippen LogP contribution in [0.1, 0.15) is 78.4 Å². The van der Waals surface area contributed by atoms with Crippen molar-refractivity contribution >= 4 is 24.1 Å². The van der Waals surface area contributed by atoms with Crippen LogP contribution in [0, 0.1) is 10.8 Å². The molecule has 2 aromatic rings. The molecule has 0 saturated heterocycles. The molecule has 2 atom stereocenters. The number of hydrogen-bond acceptors (Lipinski definition) is 8. The smallest absolute Gasteiger partial charge is 0.414 e. The Bertz CT molecular complexity index is 1460. The Morgan fingerprint density at radius 2 is 0.938 bits per heavy atom. The Kier molecular flexibility index (Phi) is 9.25. The van der Waals surface area contributed by atoms with Gasteiger partial charge in [-0.3, -0.25) is 19.4 Å². The first-order chi connectivity index (χ1) is 22.6. The van der Waals surface area contributed by atoms with Gasteiger partial charge in [0, 0.05) is 24.2 Å². The van der Waals surface area contributed by atoms with Gasteiger partial charge in [-0.25, -0.2) is 9.59 Å². The number of fused-ring (bicyclic) bond motifs is 4. The second-order valence-electron chi connectivity index (χ2n) is 14.3. The topological polar surface area (TPSA) is 112 Å². The summed E-state index contributed by atoms with van der Waals surface area (Å²) in [6, 6.07) is 16.3. The molecule has 10 heteroatoms. The van der Waals surface area contributed by atoms with Crippen molar-refractivity contribution in [3.8, 4) is 0 Å². The zero-order chi connectivity index (χ0) is 35.1. The average Bonchev–Trinajstić information content (AvgIpc) is 3.01. The van der Waals surface area contributed by atoms with Gasteiger partial charge >= 0.3 is 24.1 Å².